The van der Waals surface area contributed by atoms with Gasteiger partial charge in [0.1, 0.15) is 0 Å². The minimum atomic E-state index is -0.842. The highest BCUT2D eigenvalue weighted by Gasteiger charge is 2.45. The molecule has 2 saturated carbocycles. The van der Waals surface area contributed by atoms with E-state index < -0.39 is 11.7 Å². The number of carbonyl (C=O) groups is 1. The molecule has 0 amide bonds. The van der Waals surface area contributed by atoms with Crippen LogP contribution in [0.2, 0.25) is 0 Å². The van der Waals surface area contributed by atoms with Crippen molar-refractivity contribution in [2.75, 3.05) is 6.61 Å². The van der Waals surface area contributed by atoms with E-state index in [0.29, 0.717) is 23.6 Å². The lowest BCUT2D eigenvalue weighted by Gasteiger charge is -2.55. The van der Waals surface area contributed by atoms with Crippen LogP contribution in [0.25, 0.3) is 11.0 Å². The zero-order valence-electron chi connectivity index (χ0n) is 21.7. The van der Waals surface area contributed by atoms with Crippen molar-refractivity contribution in [3.63, 3.8) is 0 Å². The molecular formula is C29H38N4O4. The van der Waals surface area contributed by atoms with Crippen molar-refractivity contribution in [2.45, 2.75) is 102 Å². The molecule has 4 fully saturated rings. The van der Waals surface area contributed by atoms with Gasteiger partial charge in [-0.25, -0.2) is 9.78 Å². The maximum Gasteiger partial charge on any atom is 0.362 e. The fraction of sp³-hybridized carbons (Fsp3) is 0.655. The van der Waals surface area contributed by atoms with Crippen LogP contribution in [-0.4, -0.2) is 56.1 Å². The van der Waals surface area contributed by atoms with Gasteiger partial charge in [-0.2, -0.15) is 0 Å². The van der Waals surface area contributed by atoms with Crippen molar-refractivity contribution in [3.05, 3.63) is 40.3 Å². The van der Waals surface area contributed by atoms with E-state index in [1.165, 1.54) is 57.8 Å². The SMILES string of the molecule is CCOC(=O)/C(=N\O)c1nc2ccccc2n(C2C[C@H]3CCC[C@@H](C2)N3C2CC3CCCC(C3)C2)c1=O. The number of nitrogens with zero attached hydrogens (tertiary/aromatic N) is 4. The molecule has 4 aliphatic rings. The van der Waals surface area contributed by atoms with E-state index in [9.17, 15) is 14.8 Å². The number of oxime groups is 1. The van der Waals surface area contributed by atoms with Gasteiger partial charge in [0.2, 0.25) is 5.71 Å². The molecule has 198 valence electrons. The highest BCUT2D eigenvalue weighted by molar-refractivity contribution is 6.42. The fourth-order valence-electron chi connectivity index (χ4n) is 8.19. The zero-order valence-corrected chi connectivity index (χ0v) is 21.7. The van der Waals surface area contributed by atoms with E-state index in [2.05, 4.69) is 15.0 Å². The second-order valence-electron chi connectivity index (χ2n) is 11.6. The minimum absolute atomic E-state index is 0.0101. The van der Waals surface area contributed by atoms with Crippen LogP contribution in [0.5, 0.6) is 0 Å². The minimum Gasteiger partial charge on any atom is -0.461 e. The highest BCUT2D eigenvalue weighted by atomic mass is 16.5. The maximum atomic E-state index is 13.9. The van der Waals surface area contributed by atoms with Gasteiger partial charge in [0.15, 0.2) is 5.69 Å². The summed E-state index contributed by atoms with van der Waals surface area (Å²) in [5.41, 5.74) is 0.407. The Morgan fingerprint density at radius 2 is 1.65 bits per heavy atom. The number of piperidine rings is 2. The standard InChI is InChI=1S/C29H38N4O4/c1-2-37-29(35)27(31-36)26-28(34)33(25-12-4-3-11-24(25)30-26)23-16-20-9-6-10-21(17-23)32(20)22-14-18-7-5-8-19(13-18)15-22/h3-4,11-12,18-23,36H,2,5-10,13-17H2,1H3/b31-27-/t18?,19?,20-,21+,22?,23?. The molecule has 0 radical (unpaired) electrons. The molecule has 8 nitrogen and oxygen atoms in total. The summed E-state index contributed by atoms with van der Waals surface area (Å²) in [6, 6.07) is 9.19. The summed E-state index contributed by atoms with van der Waals surface area (Å²) in [6.07, 6.45) is 13.7. The van der Waals surface area contributed by atoms with Gasteiger partial charge in [-0.15, -0.1) is 0 Å². The van der Waals surface area contributed by atoms with Crippen molar-refractivity contribution >= 4 is 22.7 Å². The Hall–Kier alpha value is -2.74. The van der Waals surface area contributed by atoms with E-state index in [0.717, 1.165) is 30.2 Å². The summed E-state index contributed by atoms with van der Waals surface area (Å²) in [6.45, 7) is 1.79. The molecule has 37 heavy (non-hydrogen) atoms. The molecule has 6 rings (SSSR count). The number of para-hydroxylation sites is 2. The summed E-state index contributed by atoms with van der Waals surface area (Å²) in [4.78, 5) is 33.8. The second kappa shape index (κ2) is 10.2. The number of hydrogen-bond acceptors (Lipinski definition) is 7. The first-order chi connectivity index (χ1) is 18.1. The predicted molar refractivity (Wildman–Crippen MR) is 141 cm³/mol. The first kappa shape index (κ1) is 24.6. The van der Waals surface area contributed by atoms with Crippen LogP contribution < -0.4 is 5.56 Å². The van der Waals surface area contributed by atoms with E-state index in [-0.39, 0.29) is 23.9 Å². The quantitative estimate of drug-likeness (QED) is 0.274. The Kier molecular flexibility index (Phi) is 6.78. The van der Waals surface area contributed by atoms with Gasteiger partial charge in [0.25, 0.3) is 5.56 Å². The van der Waals surface area contributed by atoms with Crippen molar-refractivity contribution in [1.82, 2.24) is 14.5 Å². The van der Waals surface area contributed by atoms with Gasteiger partial charge < -0.3 is 14.5 Å². The Balaban J connectivity index is 1.36. The molecular weight excluding hydrogens is 468 g/mol. The Labute approximate surface area is 217 Å². The normalized spacial score (nSPS) is 32.3. The average molecular weight is 507 g/mol. The molecule has 2 aromatic rings. The summed E-state index contributed by atoms with van der Waals surface area (Å²) in [5, 5.41) is 12.8. The largest absolute Gasteiger partial charge is 0.461 e. The van der Waals surface area contributed by atoms with Crippen LogP contribution in [0.15, 0.2) is 34.2 Å². The molecule has 1 N–H and O–H groups in total. The van der Waals surface area contributed by atoms with E-state index in [1.54, 1.807) is 6.92 Å². The first-order valence-electron chi connectivity index (χ1n) is 14.3. The van der Waals surface area contributed by atoms with Crippen LogP contribution in [0.1, 0.15) is 89.3 Å². The number of aromatic nitrogens is 2. The average Bonchev–Trinajstić information content (AvgIpc) is 2.88. The third kappa shape index (κ3) is 4.47. The van der Waals surface area contributed by atoms with Gasteiger partial charge in [0.05, 0.1) is 17.6 Å². The van der Waals surface area contributed by atoms with E-state index in [1.807, 2.05) is 28.8 Å². The van der Waals surface area contributed by atoms with Gasteiger partial charge >= 0.3 is 5.97 Å². The molecule has 5 atom stereocenters. The first-order valence-corrected chi connectivity index (χ1v) is 14.3. The second-order valence-corrected chi connectivity index (χ2v) is 11.6. The molecule has 2 aliphatic carbocycles. The molecule has 2 saturated heterocycles. The van der Waals surface area contributed by atoms with Crippen LogP contribution in [0, 0.1) is 11.8 Å². The molecule has 4 bridgehead atoms. The van der Waals surface area contributed by atoms with Crippen LogP contribution in [0.3, 0.4) is 0 Å². The summed E-state index contributed by atoms with van der Waals surface area (Å²) < 4.78 is 6.88. The Bertz CT molecular complexity index is 1230. The molecule has 0 spiro atoms. The van der Waals surface area contributed by atoms with Crippen molar-refractivity contribution in [1.29, 1.82) is 0 Å². The number of hydrogen-bond donors (Lipinski definition) is 1. The Morgan fingerprint density at radius 3 is 2.32 bits per heavy atom. The monoisotopic (exact) mass is 506 g/mol. The molecule has 2 aliphatic heterocycles. The lowest BCUT2D eigenvalue weighted by Crippen LogP contribution is -2.58. The highest BCUT2D eigenvalue weighted by Crippen LogP contribution is 2.47. The van der Waals surface area contributed by atoms with Crippen molar-refractivity contribution < 1.29 is 14.7 Å². The van der Waals surface area contributed by atoms with E-state index >= 15 is 0 Å². The number of ether oxygens (including phenoxy) is 1. The topological polar surface area (TPSA) is 97.0 Å². The molecule has 8 heteroatoms. The maximum absolute atomic E-state index is 13.9. The van der Waals surface area contributed by atoms with Crippen molar-refractivity contribution in [3.8, 4) is 0 Å². The molecule has 3 heterocycles. The number of carbonyl (C=O) groups excluding carboxylic acids is 1. The summed E-state index contributed by atoms with van der Waals surface area (Å²) in [7, 11) is 0. The van der Waals surface area contributed by atoms with Crippen molar-refractivity contribution in [2.24, 2.45) is 17.0 Å². The molecule has 3 unspecified atom stereocenters. The third-order valence-corrected chi connectivity index (χ3v) is 9.48. The predicted octanol–water partition coefficient (Wildman–Crippen LogP) is 4.66. The lowest BCUT2D eigenvalue weighted by atomic mass is 9.68. The van der Waals surface area contributed by atoms with Crippen LogP contribution in [-0.2, 0) is 9.53 Å². The lowest BCUT2D eigenvalue weighted by molar-refractivity contribution is -0.135. The van der Waals surface area contributed by atoms with Crippen LogP contribution in [0.4, 0.5) is 0 Å². The zero-order chi connectivity index (χ0) is 25.5. The molecule has 1 aromatic carbocycles. The van der Waals surface area contributed by atoms with Gasteiger partial charge in [-0.1, -0.05) is 43.0 Å². The van der Waals surface area contributed by atoms with Gasteiger partial charge in [0, 0.05) is 24.2 Å². The number of esters is 1. The summed E-state index contributed by atoms with van der Waals surface area (Å²) in [5.74, 6) is 0.944. The fourth-order valence-corrected chi connectivity index (χ4v) is 8.19. The Morgan fingerprint density at radius 1 is 0.973 bits per heavy atom. The van der Waals surface area contributed by atoms with Crippen LogP contribution >= 0.6 is 0 Å². The third-order valence-electron chi connectivity index (χ3n) is 9.48. The van der Waals surface area contributed by atoms with E-state index in [4.69, 9.17) is 4.74 Å². The smallest absolute Gasteiger partial charge is 0.362 e. The number of benzene rings is 1. The van der Waals surface area contributed by atoms with Gasteiger partial charge in [-0.05, 0) is 75.8 Å². The van der Waals surface area contributed by atoms with Gasteiger partial charge in [-0.3, -0.25) is 9.69 Å². The molecule has 1 aromatic heterocycles. The summed E-state index contributed by atoms with van der Waals surface area (Å²) >= 11 is 0. The number of fused-ring (bicyclic) bond motifs is 5. The number of rotatable bonds is 5.